The van der Waals surface area contributed by atoms with Crippen molar-refractivity contribution < 1.29 is 14.2 Å². The first kappa shape index (κ1) is 18.5. The molecule has 1 heterocycles. The predicted molar refractivity (Wildman–Crippen MR) is 113 cm³/mol. The van der Waals surface area contributed by atoms with Crippen molar-refractivity contribution >= 4 is 16.9 Å². The van der Waals surface area contributed by atoms with E-state index in [4.69, 9.17) is 25.7 Å². The number of hydrogen-bond acceptors (Lipinski definition) is 5. The summed E-state index contributed by atoms with van der Waals surface area (Å²) in [5, 5.41) is 0. The molecule has 0 bridgehead atoms. The quantitative estimate of drug-likeness (QED) is 0.736. The van der Waals surface area contributed by atoms with Gasteiger partial charge in [-0.2, -0.15) is 0 Å². The third-order valence-electron chi connectivity index (χ3n) is 5.75. The molecule has 0 aromatic heterocycles. The molecule has 5 nitrogen and oxygen atoms in total. The SMILES string of the molecule is CCOc1ccc(C2=C[C@H]3Oc4c(ccc(OCC)c4N)[C@@H]3CC2)c(C)c1N. The molecule has 0 fully saturated rings. The normalized spacial score (nSPS) is 20.0. The van der Waals surface area contributed by atoms with Gasteiger partial charge in [0.1, 0.15) is 23.3 Å². The Morgan fingerprint density at radius 1 is 1.00 bits per heavy atom. The lowest BCUT2D eigenvalue weighted by molar-refractivity contribution is 0.246. The Morgan fingerprint density at radius 3 is 2.39 bits per heavy atom. The Morgan fingerprint density at radius 2 is 1.68 bits per heavy atom. The average molecular weight is 380 g/mol. The van der Waals surface area contributed by atoms with E-state index in [1.165, 1.54) is 16.7 Å². The van der Waals surface area contributed by atoms with Crippen LogP contribution in [0.2, 0.25) is 0 Å². The Labute approximate surface area is 166 Å². The Hall–Kier alpha value is -2.82. The van der Waals surface area contributed by atoms with Crippen LogP contribution in [0.3, 0.4) is 0 Å². The van der Waals surface area contributed by atoms with Crippen molar-refractivity contribution in [3.05, 3.63) is 47.0 Å². The second kappa shape index (κ2) is 7.30. The number of allylic oxidation sites excluding steroid dienone is 1. The number of ether oxygens (including phenoxy) is 3. The summed E-state index contributed by atoms with van der Waals surface area (Å²) in [5.41, 5.74) is 18.6. The van der Waals surface area contributed by atoms with Gasteiger partial charge in [0, 0.05) is 11.5 Å². The van der Waals surface area contributed by atoms with E-state index in [0.717, 1.165) is 29.9 Å². The number of nitrogens with two attached hydrogens (primary N) is 2. The van der Waals surface area contributed by atoms with Crippen molar-refractivity contribution in [2.24, 2.45) is 0 Å². The number of benzene rings is 2. The van der Waals surface area contributed by atoms with E-state index >= 15 is 0 Å². The molecule has 0 saturated carbocycles. The van der Waals surface area contributed by atoms with Crippen molar-refractivity contribution in [2.75, 3.05) is 24.7 Å². The summed E-state index contributed by atoms with van der Waals surface area (Å²) in [6.07, 6.45) is 4.22. The number of rotatable bonds is 5. The third-order valence-corrected chi connectivity index (χ3v) is 5.75. The summed E-state index contributed by atoms with van der Waals surface area (Å²) in [5.74, 6) is 2.55. The van der Waals surface area contributed by atoms with Crippen LogP contribution in [-0.4, -0.2) is 19.3 Å². The van der Waals surface area contributed by atoms with Gasteiger partial charge in [0.25, 0.3) is 0 Å². The molecule has 0 radical (unpaired) electrons. The van der Waals surface area contributed by atoms with Gasteiger partial charge in [-0.1, -0.05) is 12.1 Å². The van der Waals surface area contributed by atoms with Gasteiger partial charge in [0.05, 0.1) is 18.9 Å². The zero-order valence-corrected chi connectivity index (χ0v) is 16.7. The van der Waals surface area contributed by atoms with Gasteiger partial charge < -0.3 is 25.7 Å². The predicted octanol–water partition coefficient (Wildman–Crippen LogP) is 4.68. The van der Waals surface area contributed by atoms with Gasteiger partial charge >= 0.3 is 0 Å². The van der Waals surface area contributed by atoms with Crippen LogP contribution in [0.25, 0.3) is 5.57 Å². The van der Waals surface area contributed by atoms with Crippen molar-refractivity contribution in [2.45, 2.75) is 45.6 Å². The highest BCUT2D eigenvalue weighted by molar-refractivity contribution is 5.77. The van der Waals surface area contributed by atoms with Gasteiger partial charge in [0.2, 0.25) is 0 Å². The molecule has 5 heteroatoms. The average Bonchev–Trinajstić information content (AvgIpc) is 3.07. The van der Waals surface area contributed by atoms with E-state index in [2.05, 4.69) is 25.1 Å². The fourth-order valence-corrected chi connectivity index (χ4v) is 4.32. The van der Waals surface area contributed by atoms with Crippen LogP contribution in [0.1, 0.15) is 49.3 Å². The second-order valence-corrected chi connectivity index (χ2v) is 7.33. The maximum Gasteiger partial charge on any atom is 0.150 e. The molecule has 0 saturated heterocycles. The number of nitrogen functional groups attached to an aromatic ring is 2. The van der Waals surface area contributed by atoms with Crippen LogP contribution >= 0.6 is 0 Å². The van der Waals surface area contributed by atoms with Gasteiger partial charge in [-0.25, -0.2) is 0 Å². The van der Waals surface area contributed by atoms with Crippen molar-refractivity contribution in [1.29, 1.82) is 0 Å². The monoisotopic (exact) mass is 380 g/mol. The molecular weight excluding hydrogens is 352 g/mol. The molecule has 0 amide bonds. The molecular formula is C23H28N2O3. The molecule has 148 valence electrons. The second-order valence-electron chi connectivity index (χ2n) is 7.33. The van der Waals surface area contributed by atoms with Crippen molar-refractivity contribution in [1.82, 2.24) is 0 Å². The van der Waals surface area contributed by atoms with E-state index in [1.807, 2.05) is 26.0 Å². The lowest BCUT2D eigenvalue weighted by atomic mass is 9.81. The zero-order chi connectivity index (χ0) is 19.8. The minimum atomic E-state index is -0.00915. The largest absolute Gasteiger partial charge is 0.492 e. The highest BCUT2D eigenvalue weighted by Gasteiger charge is 2.38. The van der Waals surface area contributed by atoms with E-state index in [9.17, 15) is 0 Å². The Kier molecular flexibility index (Phi) is 4.84. The van der Waals surface area contributed by atoms with Gasteiger partial charge in [-0.05, 0) is 68.5 Å². The topological polar surface area (TPSA) is 79.7 Å². The molecule has 2 aromatic rings. The van der Waals surface area contributed by atoms with Crippen molar-refractivity contribution in [3.8, 4) is 17.2 Å². The summed E-state index contributed by atoms with van der Waals surface area (Å²) < 4.78 is 17.5. The van der Waals surface area contributed by atoms with E-state index in [-0.39, 0.29) is 6.10 Å². The summed E-state index contributed by atoms with van der Waals surface area (Å²) in [6, 6.07) is 8.12. The van der Waals surface area contributed by atoms with Gasteiger partial charge in [0.15, 0.2) is 5.75 Å². The summed E-state index contributed by atoms with van der Waals surface area (Å²) in [4.78, 5) is 0. The van der Waals surface area contributed by atoms with Crippen LogP contribution in [0.15, 0.2) is 30.3 Å². The minimum Gasteiger partial charge on any atom is -0.492 e. The van der Waals surface area contributed by atoms with E-state index in [0.29, 0.717) is 36.3 Å². The minimum absolute atomic E-state index is 0.00915. The highest BCUT2D eigenvalue weighted by Crippen LogP contribution is 2.51. The van der Waals surface area contributed by atoms with E-state index in [1.54, 1.807) is 0 Å². The molecule has 2 aliphatic rings. The number of anilines is 2. The first-order valence-electron chi connectivity index (χ1n) is 9.99. The molecule has 0 unspecified atom stereocenters. The van der Waals surface area contributed by atoms with Gasteiger partial charge in [-0.15, -0.1) is 0 Å². The standard InChI is InChI=1S/C23H28N2O3/c1-4-26-18-10-8-15(13(3)21(18)24)14-6-7-16-17-9-11-19(27-5-2)22(25)23(17)28-20(16)12-14/h8-12,16,20H,4-7,24-25H2,1-3H3/t16-,20+/m0/s1. The molecule has 1 aliphatic carbocycles. The van der Waals surface area contributed by atoms with Crippen LogP contribution in [0.5, 0.6) is 17.2 Å². The lowest BCUT2D eigenvalue weighted by Gasteiger charge is -2.25. The summed E-state index contributed by atoms with van der Waals surface area (Å²) in [7, 11) is 0. The van der Waals surface area contributed by atoms with Crippen LogP contribution in [0.4, 0.5) is 11.4 Å². The molecule has 2 atom stereocenters. The molecule has 4 rings (SSSR count). The smallest absolute Gasteiger partial charge is 0.150 e. The molecule has 4 N–H and O–H groups in total. The highest BCUT2D eigenvalue weighted by atomic mass is 16.5. The van der Waals surface area contributed by atoms with Crippen molar-refractivity contribution in [3.63, 3.8) is 0 Å². The number of fused-ring (bicyclic) bond motifs is 3. The maximum atomic E-state index is 6.31. The van der Waals surface area contributed by atoms with Crippen LogP contribution in [0, 0.1) is 6.92 Å². The number of hydrogen-bond donors (Lipinski definition) is 2. The molecule has 1 aliphatic heterocycles. The third kappa shape index (κ3) is 2.95. The van der Waals surface area contributed by atoms with Crippen LogP contribution < -0.4 is 25.7 Å². The Bertz CT molecular complexity index is 936. The maximum absolute atomic E-state index is 6.31. The van der Waals surface area contributed by atoms with Gasteiger partial charge in [-0.3, -0.25) is 0 Å². The van der Waals surface area contributed by atoms with E-state index < -0.39 is 0 Å². The first-order chi connectivity index (χ1) is 13.5. The fourth-order valence-electron chi connectivity index (χ4n) is 4.32. The Balaban J connectivity index is 1.65. The first-order valence-corrected chi connectivity index (χ1v) is 9.99. The lowest BCUT2D eigenvalue weighted by Crippen LogP contribution is -2.20. The fraction of sp³-hybridized carbons (Fsp3) is 0.391. The van der Waals surface area contributed by atoms with Crippen LogP contribution in [-0.2, 0) is 0 Å². The summed E-state index contributed by atoms with van der Waals surface area (Å²) in [6.45, 7) is 7.15. The summed E-state index contributed by atoms with van der Waals surface area (Å²) >= 11 is 0. The molecule has 2 aromatic carbocycles. The molecule has 0 spiro atoms. The zero-order valence-electron chi connectivity index (χ0n) is 16.7. The molecule has 28 heavy (non-hydrogen) atoms.